The van der Waals surface area contributed by atoms with Crippen LogP contribution < -0.4 is 0 Å². The Bertz CT molecular complexity index is 382. The number of rotatable bonds is 2. The van der Waals surface area contributed by atoms with Crippen LogP contribution in [0.25, 0.3) is 0 Å². The number of aliphatic hydroxyl groups excluding tert-OH is 1. The minimum atomic E-state index is -0.198. The normalized spacial score (nSPS) is 33.4. The van der Waals surface area contributed by atoms with Crippen molar-refractivity contribution < 1.29 is 5.11 Å². The fourth-order valence-corrected chi connectivity index (χ4v) is 2.93. The molecular weight excluding hydrogens is 208 g/mol. The molecule has 1 nitrogen and oxygen atoms in total. The first-order valence-corrected chi connectivity index (χ1v) is 6.48. The Morgan fingerprint density at radius 2 is 1.88 bits per heavy atom. The Hall–Kier alpha value is -1.08. The van der Waals surface area contributed by atoms with Gasteiger partial charge in [0.25, 0.3) is 0 Å². The number of benzene rings is 1. The molecule has 92 valence electrons. The van der Waals surface area contributed by atoms with Gasteiger partial charge in [0.1, 0.15) is 0 Å². The molecule has 1 aliphatic carbocycles. The van der Waals surface area contributed by atoms with Gasteiger partial charge in [-0.15, -0.1) is 0 Å². The van der Waals surface area contributed by atoms with E-state index in [9.17, 15) is 5.11 Å². The van der Waals surface area contributed by atoms with Gasteiger partial charge < -0.3 is 5.11 Å². The number of hydrogen-bond donors (Lipinski definition) is 1. The maximum absolute atomic E-state index is 10.2. The van der Waals surface area contributed by atoms with Crippen LogP contribution in [-0.4, -0.2) is 11.2 Å². The summed E-state index contributed by atoms with van der Waals surface area (Å²) >= 11 is 0. The average molecular weight is 230 g/mol. The first-order valence-electron chi connectivity index (χ1n) is 6.48. The zero-order chi connectivity index (χ0) is 12.4. The van der Waals surface area contributed by atoms with Gasteiger partial charge in [0, 0.05) is 0 Å². The van der Waals surface area contributed by atoms with Crippen LogP contribution in [0.2, 0.25) is 0 Å². The zero-order valence-corrected chi connectivity index (χ0v) is 10.8. The van der Waals surface area contributed by atoms with Gasteiger partial charge >= 0.3 is 0 Å². The molecule has 0 unspecified atom stereocenters. The molecule has 0 saturated heterocycles. The van der Waals surface area contributed by atoms with E-state index in [0.717, 1.165) is 12.8 Å². The van der Waals surface area contributed by atoms with Crippen molar-refractivity contribution in [2.45, 2.75) is 38.7 Å². The summed E-state index contributed by atoms with van der Waals surface area (Å²) < 4.78 is 0. The molecule has 1 aliphatic rings. The summed E-state index contributed by atoms with van der Waals surface area (Å²) in [5.74, 6) is 1.26. The largest absolute Gasteiger partial charge is 0.393 e. The fourth-order valence-electron chi connectivity index (χ4n) is 2.93. The molecule has 1 fully saturated rings. The lowest BCUT2D eigenvalue weighted by atomic mass is 9.69. The molecule has 4 atom stereocenters. The SMILES string of the molecule is C=C(C)[C@H]1C[C@@H](O)[C@@H](C)[C@H](c2ccccc2)C1. The third-order valence-electron chi connectivity index (χ3n) is 4.23. The number of hydrogen-bond acceptors (Lipinski definition) is 1. The average Bonchev–Trinajstić information content (AvgIpc) is 2.33. The second-order valence-electron chi connectivity index (χ2n) is 5.46. The molecular formula is C16H22O. The van der Waals surface area contributed by atoms with Crippen LogP contribution in [-0.2, 0) is 0 Å². The van der Waals surface area contributed by atoms with E-state index >= 15 is 0 Å². The molecule has 0 aromatic heterocycles. The minimum Gasteiger partial charge on any atom is -0.393 e. The predicted molar refractivity (Wildman–Crippen MR) is 71.9 cm³/mol. The molecule has 1 aromatic rings. The van der Waals surface area contributed by atoms with Crippen LogP contribution in [0.4, 0.5) is 0 Å². The molecule has 1 aromatic carbocycles. The highest BCUT2D eigenvalue weighted by molar-refractivity contribution is 5.22. The van der Waals surface area contributed by atoms with Gasteiger partial charge in [0.05, 0.1) is 6.10 Å². The highest BCUT2D eigenvalue weighted by Crippen LogP contribution is 2.42. The topological polar surface area (TPSA) is 20.2 Å². The van der Waals surface area contributed by atoms with Crippen molar-refractivity contribution in [1.82, 2.24) is 0 Å². The minimum absolute atomic E-state index is 0.198. The Morgan fingerprint density at radius 3 is 2.47 bits per heavy atom. The first kappa shape index (κ1) is 12.4. The lowest BCUT2D eigenvalue weighted by Crippen LogP contribution is -2.33. The van der Waals surface area contributed by atoms with E-state index in [4.69, 9.17) is 0 Å². The molecule has 2 rings (SSSR count). The summed E-state index contributed by atoms with van der Waals surface area (Å²) in [4.78, 5) is 0. The Morgan fingerprint density at radius 1 is 1.24 bits per heavy atom. The summed E-state index contributed by atoms with van der Waals surface area (Å²) in [6, 6.07) is 10.6. The van der Waals surface area contributed by atoms with Crippen LogP contribution in [0.1, 0.15) is 38.2 Å². The molecule has 1 saturated carbocycles. The van der Waals surface area contributed by atoms with Gasteiger partial charge in [-0.05, 0) is 43.1 Å². The predicted octanol–water partition coefficient (Wildman–Crippen LogP) is 3.75. The standard InChI is InChI=1S/C16H22O/c1-11(2)14-9-15(12(3)16(17)10-14)13-7-5-4-6-8-13/h4-8,12,14-17H,1,9-10H2,2-3H3/t12-,14+,15+,16+/m0/s1. The van der Waals surface area contributed by atoms with E-state index in [1.807, 2.05) is 6.07 Å². The van der Waals surface area contributed by atoms with E-state index in [-0.39, 0.29) is 6.10 Å². The van der Waals surface area contributed by atoms with Crippen LogP contribution in [0.15, 0.2) is 42.5 Å². The van der Waals surface area contributed by atoms with E-state index in [2.05, 4.69) is 44.7 Å². The maximum atomic E-state index is 10.2. The van der Waals surface area contributed by atoms with Gasteiger partial charge in [-0.25, -0.2) is 0 Å². The van der Waals surface area contributed by atoms with Crippen molar-refractivity contribution in [2.75, 3.05) is 0 Å². The van der Waals surface area contributed by atoms with Crippen molar-refractivity contribution >= 4 is 0 Å². The Kier molecular flexibility index (Phi) is 3.68. The van der Waals surface area contributed by atoms with E-state index < -0.39 is 0 Å². The molecule has 0 heterocycles. The van der Waals surface area contributed by atoms with Crippen molar-refractivity contribution in [2.24, 2.45) is 11.8 Å². The molecule has 1 N–H and O–H groups in total. The van der Waals surface area contributed by atoms with Gasteiger partial charge in [-0.3, -0.25) is 0 Å². The smallest absolute Gasteiger partial charge is 0.0577 e. The van der Waals surface area contributed by atoms with Gasteiger partial charge in [0.15, 0.2) is 0 Å². The zero-order valence-electron chi connectivity index (χ0n) is 10.8. The maximum Gasteiger partial charge on any atom is 0.0577 e. The third-order valence-corrected chi connectivity index (χ3v) is 4.23. The molecule has 0 radical (unpaired) electrons. The number of allylic oxidation sites excluding steroid dienone is 1. The summed E-state index contributed by atoms with van der Waals surface area (Å²) in [7, 11) is 0. The summed E-state index contributed by atoms with van der Waals surface area (Å²) in [6.07, 6.45) is 1.80. The Balaban J connectivity index is 2.23. The molecule has 0 aliphatic heterocycles. The molecule has 1 heteroatoms. The lowest BCUT2D eigenvalue weighted by Gasteiger charge is -2.38. The van der Waals surface area contributed by atoms with Crippen molar-refractivity contribution in [3.63, 3.8) is 0 Å². The summed E-state index contributed by atoms with van der Waals surface area (Å²) in [6.45, 7) is 8.30. The van der Waals surface area contributed by atoms with Gasteiger partial charge in [0.2, 0.25) is 0 Å². The molecule has 0 spiro atoms. The summed E-state index contributed by atoms with van der Waals surface area (Å²) in [5, 5.41) is 10.2. The van der Waals surface area contributed by atoms with Gasteiger partial charge in [-0.1, -0.05) is 49.4 Å². The highest BCUT2D eigenvalue weighted by atomic mass is 16.3. The lowest BCUT2D eigenvalue weighted by molar-refractivity contribution is 0.0470. The molecule has 0 amide bonds. The van der Waals surface area contributed by atoms with Crippen LogP contribution in [0.3, 0.4) is 0 Å². The monoisotopic (exact) mass is 230 g/mol. The first-order chi connectivity index (χ1) is 8.09. The van der Waals surface area contributed by atoms with Crippen molar-refractivity contribution in [3.8, 4) is 0 Å². The quantitative estimate of drug-likeness (QED) is 0.767. The van der Waals surface area contributed by atoms with Crippen molar-refractivity contribution in [3.05, 3.63) is 48.0 Å². The van der Waals surface area contributed by atoms with Crippen LogP contribution in [0, 0.1) is 11.8 Å². The van der Waals surface area contributed by atoms with Crippen LogP contribution >= 0.6 is 0 Å². The second kappa shape index (κ2) is 5.05. The number of aliphatic hydroxyl groups is 1. The van der Waals surface area contributed by atoms with E-state index in [0.29, 0.717) is 17.8 Å². The fraction of sp³-hybridized carbons (Fsp3) is 0.500. The van der Waals surface area contributed by atoms with Crippen molar-refractivity contribution in [1.29, 1.82) is 0 Å². The third kappa shape index (κ3) is 2.61. The van der Waals surface area contributed by atoms with E-state index in [1.54, 1.807) is 0 Å². The summed E-state index contributed by atoms with van der Waals surface area (Å²) in [5.41, 5.74) is 2.56. The second-order valence-corrected chi connectivity index (χ2v) is 5.46. The molecule has 17 heavy (non-hydrogen) atoms. The van der Waals surface area contributed by atoms with Crippen LogP contribution in [0.5, 0.6) is 0 Å². The highest BCUT2D eigenvalue weighted by Gasteiger charge is 2.34. The molecule has 0 bridgehead atoms. The van der Waals surface area contributed by atoms with Gasteiger partial charge in [-0.2, -0.15) is 0 Å². The van der Waals surface area contributed by atoms with E-state index in [1.165, 1.54) is 11.1 Å². The Labute approximate surface area is 104 Å².